The Hall–Kier alpha value is -1.22. The fourth-order valence-corrected chi connectivity index (χ4v) is 2.40. The zero-order valence-electron chi connectivity index (χ0n) is 10.2. The number of likely N-dealkylation sites (N-methyl/N-ethyl adjacent to an activating group) is 1. The van der Waals surface area contributed by atoms with Crippen molar-refractivity contribution in [3.63, 3.8) is 0 Å². The Kier molecular flexibility index (Phi) is 3.06. The fourth-order valence-electron chi connectivity index (χ4n) is 2.40. The summed E-state index contributed by atoms with van der Waals surface area (Å²) in [6.45, 7) is 5.03. The molecule has 0 spiro atoms. The van der Waals surface area contributed by atoms with Crippen LogP contribution in [0.1, 0.15) is 18.9 Å². The number of hydrogen-bond donors (Lipinski definition) is 1. The first-order valence-corrected chi connectivity index (χ1v) is 5.80. The van der Waals surface area contributed by atoms with E-state index in [9.17, 15) is 0 Å². The number of nitrogens with zero attached hydrogens (tertiary/aromatic N) is 1. The molecule has 1 saturated heterocycles. The number of hydrogen-bond acceptors (Lipinski definition) is 3. The summed E-state index contributed by atoms with van der Waals surface area (Å²) in [6, 6.07) is 6.65. The Balaban J connectivity index is 2.23. The summed E-state index contributed by atoms with van der Waals surface area (Å²) in [5.74, 6) is 0. The van der Waals surface area contributed by atoms with E-state index in [2.05, 4.69) is 37.9 Å². The molecule has 3 nitrogen and oxygen atoms in total. The average molecular weight is 220 g/mol. The third-order valence-electron chi connectivity index (χ3n) is 3.40. The zero-order chi connectivity index (χ0) is 11.7. The van der Waals surface area contributed by atoms with E-state index < -0.39 is 0 Å². The summed E-state index contributed by atoms with van der Waals surface area (Å²) in [5.41, 5.74) is 9.21. The maximum Gasteiger partial charge on any atom is 0.0750 e. The van der Waals surface area contributed by atoms with Crippen LogP contribution in [0.15, 0.2) is 18.2 Å². The minimum absolute atomic E-state index is 0.283. The molecule has 0 aliphatic carbocycles. The number of ether oxygens (including phenoxy) is 1. The van der Waals surface area contributed by atoms with Gasteiger partial charge in [-0.15, -0.1) is 0 Å². The zero-order valence-corrected chi connectivity index (χ0v) is 10.2. The molecular weight excluding hydrogens is 200 g/mol. The SMILES string of the molecule is Cc1ccc(N(C)C2CCOC2C)c(N)c1. The van der Waals surface area contributed by atoms with Crippen molar-refractivity contribution in [3.05, 3.63) is 23.8 Å². The summed E-state index contributed by atoms with van der Waals surface area (Å²) in [6.07, 6.45) is 1.36. The van der Waals surface area contributed by atoms with Crippen molar-refractivity contribution in [2.24, 2.45) is 0 Å². The van der Waals surface area contributed by atoms with Crippen LogP contribution < -0.4 is 10.6 Å². The van der Waals surface area contributed by atoms with Gasteiger partial charge in [-0.3, -0.25) is 0 Å². The van der Waals surface area contributed by atoms with Crippen molar-refractivity contribution in [2.45, 2.75) is 32.4 Å². The summed E-state index contributed by atoms with van der Waals surface area (Å²) >= 11 is 0. The van der Waals surface area contributed by atoms with Crippen LogP contribution in [0.25, 0.3) is 0 Å². The monoisotopic (exact) mass is 220 g/mol. The molecule has 2 atom stereocenters. The maximum atomic E-state index is 6.05. The number of anilines is 2. The van der Waals surface area contributed by atoms with Gasteiger partial charge in [0.15, 0.2) is 0 Å². The molecule has 1 aromatic rings. The molecule has 2 unspecified atom stereocenters. The van der Waals surface area contributed by atoms with E-state index in [0.717, 1.165) is 24.4 Å². The van der Waals surface area contributed by atoms with Crippen LogP contribution in [0.4, 0.5) is 11.4 Å². The molecule has 2 rings (SSSR count). The molecule has 1 aromatic carbocycles. The molecular formula is C13H20N2O. The Bertz CT molecular complexity index is 378. The first-order chi connectivity index (χ1) is 7.59. The van der Waals surface area contributed by atoms with Crippen LogP contribution in [-0.4, -0.2) is 25.8 Å². The minimum atomic E-state index is 0.283. The lowest BCUT2D eigenvalue weighted by Crippen LogP contribution is -2.37. The lowest BCUT2D eigenvalue weighted by Gasteiger charge is -2.29. The molecule has 1 aliphatic rings. The van der Waals surface area contributed by atoms with Gasteiger partial charge >= 0.3 is 0 Å². The highest BCUT2D eigenvalue weighted by molar-refractivity contribution is 5.68. The van der Waals surface area contributed by atoms with Gasteiger partial charge in [-0.05, 0) is 38.0 Å². The van der Waals surface area contributed by atoms with Gasteiger partial charge in [0, 0.05) is 13.7 Å². The summed E-state index contributed by atoms with van der Waals surface area (Å²) in [5, 5.41) is 0. The van der Waals surface area contributed by atoms with Crippen molar-refractivity contribution in [3.8, 4) is 0 Å². The second-order valence-electron chi connectivity index (χ2n) is 4.61. The maximum absolute atomic E-state index is 6.05. The predicted molar refractivity (Wildman–Crippen MR) is 67.8 cm³/mol. The molecule has 2 N–H and O–H groups in total. The normalized spacial score (nSPS) is 24.7. The molecule has 0 saturated carbocycles. The van der Waals surface area contributed by atoms with Crippen molar-refractivity contribution >= 4 is 11.4 Å². The van der Waals surface area contributed by atoms with E-state index in [4.69, 9.17) is 10.5 Å². The number of nitrogens with two attached hydrogens (primary N) is 1. The van der Waals surface area contributed by atoms with Gasteiger partial charge in [-0.2, -0.15) is 0 Å². The lowest BCUT2D eigenvalue weighted by atomic mass is 10.1. The van der Waals surface area contributed by atoms with Gasteiger partial charge in [0.2, 0.25) is 0 Å². The number of benzene rings is 1. The fraction of sp³-hybridized carbons (Fsp3) is 0.538. The number of rotatable bonds is 2. The highest BCUT2D eigenvalue weighted by Gasteiger charge is 2.28. The molecule has 1 heterocycles. The summed E-state index contributed by atoms with van der Waals surface area (Å²) in [7, 11) is 2.09. The van der Waals surface area contributed by atoms with Crippen molar-refractivity contribution in [1.29, 1.82) is 0 Å². The van der Waals surface area contributed by atoms with Crippen molar-refractivity contribution < 1.29 is 4.74 Å². The van der Waals surface area contributed by atoms with E-state index in [-0.39, 0.29) is 6.10 Å². The molecule has 3 heteroatoms. The van der Waals surface area contributed by atoms with Gasteiger partial charge < -0.3 is 15.4 Å². The average Bonchev–Trinajstić information content (AvgIpc) is 2.63. The molecule has 0 bridgehead atoms. The Morgan fingerprint density at radius 3 is 2.75 bits per heavy atom. The highest BCUT2D eigenvalue weighted by atomic mass is 16.5. The van der Waals surface area contributed by atoms with E-state index in [1.54, 1.807) is 0 Å². The number of aryl methyl sites for hydroxylation is 1. The molecule has 16 heavy (non-hydrogen) atoms. The van der Waals surface area contributed by atoms with Crippen LogP contribution >= 0.6 is 0 Å². The molecule has 0 radical (unpaired) electrons. The molecule has 0 aromatic heterocycles. The molecule has 0 amide bonds. The topological polar surface area (TPSA) is 38.5 Å². The summed E-state index contributed by atoms with van der Waals surface area (Å²) < 4.78 is 5.59. The quantitative estimate of drug-likeness (QED) is 0.776. The van der Waals surface area contributed by atoms with Gasteiger partial charge in [0.1, 0.15) is 0 Å². The van der Waals surface area contributed by atoms with Crippen LogP contribution in [0.3, 0.4) is 0 Å². The molecule has 1 fully saturated rings. The van der Waals surface area contributed by atoms with Crippen LogP contribution in [-0.2, 0) is 4.74 Å². The first-order valence-electron chi connectivity index (χ1n) is 5.80. The van der Waals surface area contributed by atoms with Gasteiger partial charge in [0.05, 0.1) is 23.5 Å². The second kappa shape index (κ2) is 4.34. The van der Waals surface area contributed by atoms with Crippen LogP contribution in [0.5, 0.6) is 0 Å². The van der Waals surface area contributed by atoms with Crippen LogP contribution in [0.2, 0.25) is 0 Å². The summed E-state index contributed by atoms with van der Waals surface area (Å²) in [4.78, 5) is 2.24. The largest absolute Gasteiger partial charge is 0.397 e. The molecule has 88 valence electrons. The first kappa shape index (κ1) is 11.3. The highest BCUT2D eigenvalue weighted by Crippen LogP contribution is 2.29. The standard InChI is InChI=1S/C13H20N2O/c1-9-4-5-13(11(14)8-9)15(3)12-6-7-16-10(12)2/h4-5,8,10,12H,6-7,14H2,1-3H3. The number of nitrogen functional groups attached to an aromatic ring is 1. The van der Waals surface area contributed by atoms with Crippen molar-refractivity contribution in [1.82, 2.24) is 0 Å². The second-order valence-corrected chi connectivity index (χ2v) is 4.61. The van der Waals surface area contributed by atoms with Gasteiger partial charge in [-0.25, -0.2) is 0 Å². The Labute approximate surface area is 97.2 Å². The van der Waals surface area contributed by atoms with E-state index in [1.165, 1.54) is 5.56 Å². The minimum Gasteiger partial charge on any atom is -0.397 e. The lowest BCUT2D eigenvalue weighted by molar-refractivity contribution is 0.118. The Morgan fingerprint density at radius 2 is 2.19 bits per heavy atom. The van der Waals surface area contributed by atoms with E-state index >= 15 is 0 Å². The third kappa shape index (κ3) is 2.00. The van der Waals surface area contributed by atoms with Crippen molar-refractivity contribution in [2.75, 3.05) is 24.3 Å². The predicted octanol–water partition coefficient (Wildman–Crippen LogP) is 2.19. The third-order valence-corrected chi connectivity index (χ3v) is 3.40. The van der Waals surface area contributed by atoms with E-state index in [1.807, 2.05) is 6.07 Å². The van der Waals surface area contributed by atoms with Gasteiger partial charge in [0.25, 0.3) is 0 Å². The van der Waals surface area contributed by atoms with E-state index in [0.29, 0.717) is 6.04 Å². The Morgan fingerprint density at radius 1 is 1.44 bits per heavy atom. The van der Waals surface area contributed by atoms with Gasteiger partial charge in [-0.1, -0.05) is 6.07 Å². The smallest absolute Gasteiger partial charge is 0.0750 e. The van der Waals surface area contributed by atoms with Crippen LogP contribution in [0, 0.1) is 6.92 Å². The molecule has 1 aliphatic heterocycles.